The molecule has 3 fully saturated rings. The molecular formula is C17H26N2O6. The molecule has 0 spiro atoms. The van der Waals surface area contributed by atoms with Crippen molar-refractivity contribution in [3.05, 3.63) is 0 Å². The zero-order valence-electron chi connectivity index (χ0n) is 14.7. The molecular weight excluding hydrogens is 328 g/mol. The SMILES string of the molecule is CC(C)C[C@H](C(=O)O)N1C[C@@H]2O[C@H](C1=O)[C@H](C(=O)N1CCCCC1)O2. The Labute approximate surface area is 147 Å². The average Bonchev–Trinajstić information content (AvgIpc) is 2.95. The summed E-state index contributed by atoms with van der Waals surface area (Å²) in [5.74, 6) is -1.60. The van der Waals surface area contributed by atoms with Crippen molar-refractivity contribution < 1.29 is 29.0 Å². The smallest absolute Gasteiger partial charge is 0.326 e. The highest BCUT2D eigenvalue weighted by Crippen LogP contribution is 2.31. The topological polar surface area (TPSA) is 96.4 Å². The second-order valence-electron chi connectivity index (χ2n) is 7.40. The number of carboxylic acid groups (broad SMARTS) is 1. The summed E-state index contributed by atoms with van der Waals surface area (Å²) >= 11 is 0. The average molecular weight is 354 g/mol. The van der Waals surface area contributed by atoms with Gasteiger partial charge in [-0.05, 0) is 31.6 Å². The van der Waals surface area contributed by atoms with Gasteiger partial charge in [-0.1, -0.05) is 13.8 Å². The maximum Gasteiger partial charge on any atom is 0.326 e. The first kappa shape index (κ1) is 18.1. The number of fused-ring (bicyclic) bond motifs is 2. The third-order valence-electron chi connectivity index (χ3n) is 5.01. The van der Waals surface area contributed by atoms with Crippen LogP contribution in [0, 0.1) is 5.92 Å². The van der Waals surface area contributed by atoms with Gasteiger partial charge in [-0.15, -0.1) is 0 Å². The van der Waals surface area contributed by atoms with E-state index >= 15 is 0 Å². The maximum absolute atomic E-state index is 12.8. The van der Waals surface area contributed by atoms with Crippen molar-refractivity contribution >= 4 is 17.8 Å². The molecule has 0 aromatic rings. The van der Waals surface area contributed by atoms with E-state index in [9.17, 15) is 19.5 Å². The molecule has 25 heavy (non-hydrogen) atoms. The van der Waals surface area contributed by atoms with E-state index in [0.717, 1.165) is 19.3 Å². The van der Waals surface area contributed by atoms with Crippen LogP contribution in [0.4, 0.5) is 0 Å². The number of rotatable bonds is 5. The van der Waals surface area contributed by atoms with Crippen molar-refractivity contribution in [2.45, 2.75) is 64.1 Å². The summed E-state index contributed by atoms with van der Waals surface area (Å²) in [5.41, 5.74) is 0. The minimum absolute atomic E-state index is 0.0444. The second kappa shape index (κ2) is 7.29. The number of piperidine rings is 1. The Kier molecular flexibility index (Phi) is 5.29. The lowest BCUT2D eigenvalue weighted by atomic mass is 10.0. The van der Waals surface area contributed by atoms with Crippen LogP contribution in [0.15, 0.2) is 0 Å². The van der Waals surface area contributed by atoms with E-state index in [1.807, 2.05) is 13.8 Å². The molecule has 0 unspecified atom stereocenters. The number of carbonyl (C=O) groups excluding carboxylic acids is 2. The van der Waals surface area contributed by atoms with Crippen molar-refractivity contribution in [1.82, 2.24) is 9.80 Å². The molecule has 2 amide bonds. The summed E-state index contributed by atoms with van der Waals surface area (Å²) in [5, 5.41) is 9.51. The minimum Gasteiger partial charge on any atom is -0.480 e. The van der Waals surface area contributed by atoms with Crippen LogP contribution in [-0.4, -0.2) is 76.9 Å². The number of morpholine rings is 1. The summed E-state index contributed by atoms with van der Waals surface area (Å²) in [6.07, 6.45) is 0.601. The molecule has 3 rings (SSSR count). The van der Waals surface area contributed by atoms with Gasteiger partial charge in [0.05, 0.1) is 6.54 Å². The van der Waals surface area contributed by atoms with Crippen molar-refractivity contribution in [1.29, 1.82) is 0 Å². The molecule has 3 aliphatic rings. The molecule has 8 nitrogen and oxygen atoms in total. The molecule has 3 saturated heterocycles. The number of amides is 2. The number of carboxylic acids is 1. The van der Waals surface area contributed by atoms with Gasteiger partial charge in [-0.3, -0.25) is 9.59 Å². The van der Waals surface area contributed by atoms with Gasteiger partial charge in [0.1, 0.15) is 6.04 Å². The van der Waals surface area contributed by atoms with Crippen molar-refractivity contribution in [3.63, 3.8) is 0 Å². The Morgan fingerprint density at radius 2 is 1.88 bits per heavy atom. The highest BCUT2D eigenvalue weighted by atomic mass is 16.7. The fourth-order valence-corrected chi connectivity index (χ4v) is 3.76. The van der Waals surface area contributed by atoms with Gasteiger partial charge in [0, 0.05) is 13.1 Å². The first-order valence-corrected chi connectivity index (χ1v) is 9.01. The predicted molar refractivity (Wildman–Crippen MR) is 86.6 cm³/mol. The van der Waals surface area contributed by atoms with Crippen LogP contribution in [0.5, 0.6) is 0 Å². The maximum atomic E-state index is 12.8. The molecule has 1 N–H and O–H groups in total. The normalized spacial score (nSPS) is 30.7. The summed E-state index contributed by atoms with van der Waals surface area (Å²) in [4.78, 5) is 40.2. The highest BCUT2D eigenvalue weighted by Gasteiger charge is 2.54. The molecule has 0 saturated carbocycles. The molecule has 8 heteroatoms. The molecule has 4 atom stereocenters. The number of nitrogens with zero attached hydrogens (tertiary/aromatic N) is 2. The van der Waals surface area contributed by atoms with Crippen molar-refractivity contribution in [2.24, 2.45) is 5.92 Å². The number of aliphatic carboxylic acids is 1. The van der Waals surface area contributed by atoms with Gasteiger partial charge in [0.15, 0.2) is 18.5 Å². The Bertz CT molecular complexity index is 545. The third kappa shape index (κ3) is 3.64. The number of carbonyl (C=O) groups is 3. The molecule has 0 aromatic heterocycles. The molecule has 2 bridgehead atoms. The van der Waals surface area contributed by atoms with Gasteiger partial charge in [-0.25, -0.2) is 4.79 Å². The fourth-order valence-electron chi connectivity index (χ4n) is 3.76. The lowest BCUT2D eigenvalue weighted by molar-refractivity contribution is -0.173. The molecule has 0 radical (unpaired) electrons. The van der Waals surface area contributed by atoms with Gasteiger partial charge in [0.2, 0.25) is 0 Å². The third-order valence-corrected chi connectivity index (χ3v) is 5.01. The van der Waals surface area contributed by atoms with Crippen molar-refractivity contribution in [2.75, 3.05) is 19.6 Å². The second-order valence-corrected chi connectivity index (χ2v) is 7.40. The predicted octanol–water partition coefficient (Wildman–Crippen LogP) is 0.451. The van der Waals surface area contributed by atoms with E-state index < -0.39 is 36.4 Å². The highest BCUT2D eigenvalue weighted by molar-refractivity contribution is 5.94. The number of likely N-dealkylation sites (tertiary alicyclic amines) is 1. The summed E-state index contributed by atoms with van der Waals surface area (Å²) < 4.78 is 11.2. The molecule has 3 aliphatic heterocycles. The van der Waals surface area contributed by atoms with Crippen LogP contribution in [-0.2, 0) is 23.9 Å². The number of ether oxygens (including phenoxy) is 2. The Morgan fingerprint density at radius 1 is 1.20 bits per heavy atom. The van der Waals surface area contributed by atoms with E-state index in [4.69, 9.17) is 9.47 Å². The first-order valence-electron chi connectivity index (χ1n) is 9.01. The van der Waals surface area contributed by atoms with Crippen LogP contribution in [0.25, 0.3) is 0 Å². The Hall–Kier alpha value is -1.67. The van der Waals surface area contributed by atoms with Crippen LogP contribution in [0.3, 0.4) is 0 Å². The van der Waals surface area contributed by atoms with E-state index in [2.05, 4.69) is 0 Å². The number of hydrogen-bond acceptors (Lipinski definition) is 5. The fraction of sp³-hybridized carbons (Fsp3) is 0.824. The summed E-state index contributed by atoms with van der Waals surface area (Å²) in [7, 11) is 0. The van der Waals surface area contributed by atoms with Crippen LogP contribution < -0.4 is 0 Å². The van der Waals surface area contributed by atoms with Crippen molar-refractivity contribution in [3.8, 4) is 0 Å². The lowest BCUT2D eigenvalue weighted by Crippen LogP contribution is -2.57. The van der Waals surface area contributed by atoms with E-state index in [-0.39, 0.29) is 18.4 Å². The van der Waals surface area contributed by atoms with E-state index in [0.29, 0.717) is 19.5 Å². The zero-order valence-corrected chi connectivity index (χ0v) is 14.7. The molecule has 140 valence electrons. The van der Waals surface area contributed by atoms with Crippen LogP contribution in [0.1, 0.15) is 39.5 Å². The van der Waals surface area contributed by atoms with Gasteiger partial charge >= 0.3 is 5.97 Å². The Balaban J connectivity index is 1.74. The Morgan fingerprint density at radius 3 is 2.48 bits per heavy atom. The zero-order chi connectivity index (χ0) is 18.1. The minimum atomic E-state index is -1.04. The lowest BCUT2D eigenvalue weighted by Gasteiger charge is -2.35. The largest absolute Gasteiger partial charge is 0.480 e. The van der Waals surface area contributed by atoms with Crippen LogP contribution in [0.2, 0.25) is 0 Å². The van der Waals surface area contributed by atoms with Gasteiger partial charge < -0.3 is 24.4 Å². The number of hydrogen-bond donors (Lipinski definition) is 1. The summed E-state index contributed by atoms with van der Waals surface area (Å²) in [6.45, 7) is 5.20. The quantitative estimate of drug-likeness (QED) is 0.770. The van der Waals surface area contributed by atoms with Crippen LogP contribution >= 0.6 is 0 Å². The van der Waals surface area contributed by atoms with Gasteiger partial charge in [-0.2, -0.15) is 0 Å². The van der Waals surface area contributed by atoms with Gasteiger partial charge in [0.25, 0.3) is 11.8 Å². The molecule has 0 aliphatic carbocycles. The first-order chi connectivity index (χ1) is 11.9. The molecule has 3 heterocycles. The molecule has 0 aromatic carbocycles. The monoisotopic (exact) mass is 354 g/mol. The van der Waals surface area contributed by atoms with E-state index in [1.54, 1.807) is 4.90 Å². The summed E-state index contributed by atoms with van der Waals surface area (Å²) in [6, 6.07) is -0.922. The van der Waals surface area contributed by atoms with E-state index in [1.165, 1.54) is 4.90 Å². The standard InChI is InChI=1S/C17H26N2O6/c1-10(2)8-11(17(22)23)19-9-12-24-13(14(25-12)16(19)21)15(20)18-6-4-3-5-7-18/h10-14H,3-9H2,1-2H3,(H,22,23)/t11-,12+,13-,14+/m1/s1.